The van der Waals surface area contributed by atoms with Crippen molar-refractivity contribution in [1.29, 1.82) is 0 Å². The topological polar surface area (TPSA) is 78.9 Å². The second kappa shape index (κ2) is 57.7. The molecule has 0 N–H and O–H groups in total. The van der Waals surface area contributed by atoms with E-state index in [9.17, 15) is 14.4 Å². The molecule has 0 saturated heterocycles. The van der Waals surface area contributed by atoms with Crippen molar-refractivity contribution < 1.29 is 28.6 Å². The van der Waals surface area contributed by atoms with Gasteiger partial charge in [0.1, 0.15) is 13.2 Å². The zero-order valence-electron chi connectivity index (χ0n) is 45.8. The van der Waals surface area contributed by atoms with Crippen LogP contribution in [0.4, 0.5) is 0 Å². The zero-order chi connectivity index (χ0) is 50.0. The summed E-state index contributed by atoms with van der Waals surface area (Å²) in [5, 5.41) is 0. The average molecular weight is 966 g/mol. The van der Waals surface area contributed by atoms with Gasteiger partial charge in [0, 0.05) is 19.3 Å². The molecule has 6 nitrogen and oxygen atoms in total. The maximum absolute atomic E-state index is 12.7. The SMILES string of the molecule is CC/C=C\C/C=C\C/C=C\C/C=C\CCCCCCCCCCCCCCCCCCCCCCCCC(=O)OCC(COC(=O)CCCCCCCC)OC(=O)CCCCCCC/C=C\CCC. The highest BCUT2D eigenvalue weighted by Gasteiger charge is 2.19. The summed E-state index contributed by atoms with van der Waals surface area (Å²) in [4.78, 5) is 37.7. The summed E-state index contributed by atoms with van der Waals surface area (Å²) in [5.74, 6) is -0.884. The summed E-state index contributed by atoms with van der Waals surface area (Å²) in [6.45, 7) is 6.41. The number of allylic oxidation sites excluding steroid dienone is 10. The Morgan fingerprint density at radius 1 is 0.304 bits per heavy atom. The summed E-state index contributed by atoms with van der Waals surface area (Å²) in [6.07, 6.45) is 72.9. The van der Waals surface area contributed by atoms with Gasteiger partial charge in [-0.05, 0) is 77.0 Å². The molecule has 0 aliphatic carbocycles. The standard InChI is InChI=1S/C63H112O6/c1-4-7-10-13-16-18-20-21-22-23-24-25-26-27-28-29-30-31-32-33-34-35-36-37-38-39-40-41-42-43-44-46-47-50-53-56-62(65)68-59-60(58-67-61(64)55-52-49-15-12-9-6-3)69-63(66)57-54-51-48-45-19-17-14-11-8-5-2/h7,10-11,14,16,18,21-22,24-25,60H,4-6,8-9,12-13,15,17,19-20,23,26-59H2,1-3H3/b10-7-,14-11-,18-16-,22-21-,25-24-. The average Bonchev–Trinajstić information content (AvgIpc) is 3.35. The van der Waals surface area contributed by atoms with Gasteiger partial charge in [-0.15, -0.1) is 0 Å². The van der Waals surface area contributed by atoms with Gasteiger partial charge in [-0.2, -0.15) is 0 Å². The van der Waals surface area contributed by atoms with Crippen molar-refractivity contribution in [3.8, 4) is 0 Å². The minimum Gasteiger partial charge on any atom is -0.462 e. The Labute approximate surface area is 428 Å². The maximum Gasteiger partial charge on any atom is 0.306 e. The lowest BCUT2D eigenvalue weighted by Gasteiger charge is -2.18. The lowest BCUT2D eigenvalue weighted by Crippen LogP contribution is -2.30. The number of carbonyl (C=O) groups excluding carboxylic acids is 3. The Morgan fingerprint density at radius 3 is 0.957 bits per heavy atom. The van der Waals surface area contributed by atoms with Crippen molar-refractivity contribution in [2.45, 2.75) is 309 Å². The van der Waals surface area contributed by atoms with Crippen LogP contribution in [0.15, 0.2) is 60.8 Å². The summed E-state index contributed by atoms with van der Waals surface area (Å²) in [6, 6.07) is 0. The summed E-state index contributed by atoms with van der Waals surface area (Å²) < 4.78 is 16.7. The Hall–Kier alpha value is -2.89. The number of carbonyl (C=O) groups is 3. The fraction of sp³-hybridized carbons (Fsp3) is 0.794. The van der Waals surface area contributed by atoms with Crippen LogP contribution in [0.1, 0.15) is 303 Å². The molecule has 0 fully saturated rings. The quantitative estimate of drug-likeness (QED) is 0.0262. The second-order valence-corrected chi connectivity index (χ2v) is 19.9. The number of ether oxygens (including phenoxy) is 3. The van der Waals surface area contributed by atoms with Crippen LogP contribution < -0.4 is 0 Å². The van der Waals surface area contributed by atoms with E-state index in [1.165, 1.54) is 161 Å². The molecule has 0 aliphatic rings. The molecule has 1 atom stereocenters. The van der Waals surface area contributed by atoms with Crippen LogP contribution in [0.5, 0.6) is 0 Å². The summed E-state index contributed by atoms with van der Waals surface area (Å²) in [5.41, 5.74) is 0. The van der Waals surface area contributed by atoms with Gasteiger partial charge in [-0.3, -0.25) is 14.4 Å². The van der Waals surface area contributed by atoms with Crippen molar-refractivity contribution in [1.82, 2.24) is 0 Å². The van der Waals surface area contributed by atoms with Crippen molar-refractivity contribution in [3.63, 3.8) is 0 Å². The monoisotopic (exact) mass is 965 g/mol. The van der Waals surface area contributed by atoms with Gasteiger partial charge in [-0.1, -0.05) is 268 Å². The normalized spacial score (nSPS) is 12.4. The van der Waals surface area contributed by atoms with Crippen LogP contribution in [0, 0.1) is 0 Å². The molecule has 0 radical (unpaired) electrons. The zero-order valence-corrected chi connectivity index (χ0v) is 45.8. The highest BCUT2D eigenvalue weighted by molar-refractivity contribution is 5.71. The lowest BCUT2D eigenvalue weighted by atomic mass is 10.0. The van der Waals surface area contributed by atoms with E-state index in [0.717, 1.165) is 103 Å². The molecule has 0 aromatic carbocycles. The van der Waals surface area contributed by atoms with Crippen molar-refractivity contribution in [2.75, 3.05) is 13.2 Å². The highest BCUT2D eigenvalue weighted by atomic mass is 16.6. The van der Waals surface area contributed by atoms with E-state index in [2.05, 4.69) is 81.5 Å². The number of hydrogen-bond donors (Lipinski definition) is 0. The van der Waals surface area contributed by atoms with E-state index in [-0.39, 0.29) is 31.1 Å². The van der Waals surface area contributed by atoms with E-state index < -0.39 is 6.10 Å². The van der Waals surface area contributed by atoms with Gasteiger partial charge in [0.2, 0.25) is 0 Å². The molecule has 0 bridgehead atoms. The van der Waals surface area contributed by atoms with Gasteiger partial charge in [0.25, 0.3) is 0 Å². The first-order valence-electron chi connectivity index (χ1n) is 29.8. The van der Waals surface area contributed by atoms with Gasteiger partial charge in [0.05, 0.1) is 0 Å². The minimum absolute atomic E-state index is 0.0731. The Bertz CT molecular complexity index is 1250. The predicted octanol–water partition coefficient (Wildman–Crippen LogP) is 20.0. The Balaban J connectivity index is 3.83. The molecular weight excluding hydrogens is 853 g/mol. The Morgan fingerprint density at radius 2 is 0.594 bits per heavy atom. The van der Waals surface area contributed by atoms with E-state index in [1.807, 2.05) is 0 Å². The second-order valence-electron chi connectivity index (χ2n) is 19.9. The number of unbranched alkanes of at least 4 members (excludes halogenated alkanes) is 33. The third-order valence-corrected chi connectivity index (χ3v) is 13.0. The van der Waals surface area contributed by atoms with Crippen LogP contribution in [-0.2, 0) is 28.6 Å². The van der Waals surface area contributed by atoms with Gasteiger partial charge < -0.3 is 14.2 Å². The molecule has 0 rings (SSSR count). The van der Waals surface area contributed by atoms with Crippen LogP contribution in [0.2, 0.25) is 0 Å². The third kappa shape index (κ3) is 55.9. The molecule has 69 heavy (non-hydrogen) atoms. The first kappa shape index (κ1) is 66.1. The number of esters is 3. The minimum atomic E-state index is -0.770. The maximum atomic E-state index is 12.7. The summed E-state index contributed by atoms with van der Waals surface area (Å²) in [7, 11) is 0. The molecule has 0 spiro atoms. The van der Waals surface area contributed by atoms with E-state index in [0.29, 0.717) is 19.3 Å². The molecule has 6 heteroatoms. The van der Waals surface area contributed by atoms with Gasteiger partial charge in [0.15, 0.2) is 6.10 Å². The highest BCUT2D eigenvalue weighted by Crippen LogP contribution is 2.17. The van der Waals surface area contributed by atoms with Crippen molar-refractivity contribution in [3.05, 3.63) is 60.8 Å². The molecular formula is C63H112O6. The molecule has 1 unspecified atom stereocenters. The third-order valence-electron chi connectivity index (χ3n) is 13.0. The van der Waals surface area contributed by atoms with Crippen LogP contribution in [0.25, 0.3) is 0 Å². The molecule has 0 aliphatic heterocycles. The van der Waals surface area contributed by atoms with E-state index in [1.54, 1.807) is 0 Å². The fourth-order valence-corrected chi connectivity index (χ4v) is 8.56. The fourth-order valence-electron chi connectivity index (χ4n) is 8.56. The van der Waals surface area contributed by atoms with Gasteiger partial charge >= 0.3 is 17.9 Å². The van der Waals surface area contributed by atoms with Crippen LogP contribution in [0.3, 0.4) is 0 Å². The Kier molecular flexibility index (Phi) is 55.3. The van der Waals surface area contributed by atoms with Crippen molar-refractivity contribution >= 4 is 17.9 Å². The summed E-state index contributed by atoms with van der Waals surface area (Å²) >= 11 is 0. The smallest absolute Gasteiger partial charge is 0.306 e. The molecule has 0 saturated carbocycles. The first-order valence-corrected chi connectivity index (χ1v) is 29.8. The van der Waals surface area contributed by atoms with E-state index >= 15 is 0 Å². The molecule has 0 aromatic rings. The lowest BCUT2D eigenvalue weighted by molar-refractivity contribution is -0.167. The van der Waals surface area contributed by atoms with Crippen LogP contribution >= 0.6 is 0 Å². The largest absolute Gasteiger partial charge is 0.462 e. The van der Waals surface area contributed by atoms with Gasteiger partial charge in [-0.25, -0.2) is 0 Å². The molecule has 400 valence electrons. The molecule has 0 heterocycles. The first-order chi connectivity index (χ1) is 34.0. The van der Waals surface area contributed by atoms with E-state index in [4.69, 9.17) is 14.2 Å². The number of rotatable bonds is 54. The van der Waals surface area contributed by atoms with Crippen molar-refractivity contribution in [2.24, 2.45) is 0 Å². The predicted molar refractivity (Wildman–Crippen MR) is 298 cm³/mol. The number of hydrogen-bond acceptors (Lipinski definition) is 6. The molecule has 0 amide bonds. The van der Waals surface area contributed by atoms with Crippen LogP contribution in [-0.4, -0.2) is 37.2 Å². The molecule has 0 aromatic heterocycles.